The van der Waals surface area contributed by atoms with E-state index in [1.54, 1.807) is 16.8 Å². The molecule has 3 rings (SSSR count). The van der Waals surface area contributed by atoms with Crippen LogP contribution in [0, 0.1) is 5.92 Å². The van der Waals surface area contributed by atoms with Crippen molar-refractivity contribution in [1.82, 2.24) is 9.80 Å². The zero-order chi connectivity index (χ0) is 16.6. The van der Waals surface area contributed by atoms with Crippen molar-refractivity contribution >= 4 is 17.5 Å². The molecule has 0 saturated carbocycles. The fourth-order valence-electron chi connectivity index (χ4n) is 3.16. The number of carbonyl (C=O) groups is 2. The van der Waals surface area contributed by atoms with E-state index in [0.717, 1.165) is 5.69 Å². The molecule has 2 amide bonds. The summed E-state index contributed by atoms with van der Waals surface area (Å²) < 4.78 is 5.58. The standard InChI is InChI=1S/C17H23N3O3/c1-18(2)14-6-4-5-12(7-14)17(22)20-8-13-10-23-11-15(9-20)19(3)16(13)21/h4-7,13,15H,8-11H2,1-3H3/t13-,15+/m1/s1. The Hall–Kier alpha value is -2.08. The molecule has 124 valence electrons. The van der Waals surface area contributed by atoms with Gasteiger partial charge in [-0.2, -0.15) is 0 Å². The molecule has 0 N–H and O–H groups in total. The minimum atomic E-state index is -0.270. The van der Waals surface area contributed by atoms with Gasteiger partial charge in [-0.3, -0.25) is 9.59 Å². The highest BCUT2D eigenvalue weighted by Gasteiger charge is 2.38. The topological polar surface area (TPSA) is 53.1 Å². The first-order chi connectivity index (χ1) is 11.0. The van der Waals surface area contributed by atoms with Gasteiger partial charge in [-0.15, -0.1) is 0 Å². The molecule has 2 heterocycles. The number of ether oxygens (including phenoxy) is 1. The second-order valence-corrected chi connectivity index (χ2v) is 6.49. The maximum Gasteiger partial charge on any atom is 0.254 e. The van der Waals surface area contributed by atoms with Gasteiger partial charge in [0, 0.05) is 45.5 Å². The van der Waals surface area contributed by atoms with Gasteiger partial charge in [-0.05, 0) is 18.2 Å². The van der Waals surface area contributed by atoms with Crippen molar-refractivity contribution in [2.75, 3.05) is 52.3 Å². The van der Waals surface area contributed by atoms with E-state index in [9.17, 15) is 9.59 Å². The van der Waals surface area contributed by atoms with Crippen molar-refractivity contribution in [2.24, 2.45) is 5.92 Å². The van der Waals surface area contributed by atoms with Crippen LogP contribution in [0.4, 0.5) is 5.69 Å². The van der Waals surface area contributed by atoms with Crippen LogP contribution in [0.2, 0.25) is 0 Å². The molecule has 6 heteroatoms. The van der Waals surface area contributed by atoms with Gasteiger partial charge in [0.15, 0.2) is 0 Å². The Kier molecular flexibility index (Phi) is 4.26. The van der Waals surface area contributed by atoms with Crippen LogP contribution < -0.4 is 4.90 Å². The largest absolute Gasteiger partial charge is 0.378 e. The molecule has 2 fully saturated rings. The van der Waals surface area contributed by atoms with Crippen LogP contribution in [-0.2, 0) is 9.53 Å². The van der Waals surface area contributed by atoms with E-state index in [1.807, 2.05) is 43.3 Å². The van der Waals surface area contributed by atoms with E-state index in [2.05, 4.69) is 0 Å². The van der Waals surface area contributed by atoms with Crippen molar-refractivity contribution in [3.05, 3.63) is 29.8 Å². The Morgan fingerprint density at radius 2 is 2.04 bits per heavy atom. The van der Waals surface area contributed by atoms with Crippen LogP contribution in [0.15, 0.2) is 24.3 Å². The van der Waals surface area contributed by atoms with E-state index in [0.29, 0.717) is 31.9 Å². The molecule has 0 aromatic heterocycles. The molecule has 0 spiro atoms. The minimum Gasteiger partial charge on any atom is -0.378 e. The van der Waals surface area contributed by atoms with Crippen LogP contribution in [0.5, 0.6) is 0 Å². The van der Waals surface area contributed by atoms with Gasteiger partial charge >= 0.3 is 0 Å². The Bertz CT molecular complexity index is 617. The number of hydrogen-bond acceptors (Lipinski definition) is 4. The van der Waals surface area contributed by atoms with Crippen molar-refractivity contribution in [3.8, 4) is 0 Å². The monoisotopic (exact) mass is 317 g/mol. The van der Waals surface area contributed by atoms with Gasteiger partial charge in [-0.25, -0.2) is 0 Å². The fourth-order valence-corrected chi connectivity index (χ4v) is 3.16. The first-order valence-corrected chi connectivity index (χ1v) is 7.88. The van der Waals surface area contributed by atoms with Gasteiger partial charge in [0.25, 0.3) is 5.91 Å². The van der Waals surface area contributed by atoms with Crippen molar-refractivity contribution < 1.29 is 14.3 Å². The maximum atomic E-state index is 12.9. The molecular formula is C17H23N3O3. The van der Waals surface area contributed by atoms with E-state index >= 15 is 0 Å². The molecule has 1 aromatic carbocycles. The summed E-state index contributed by atoms with van der Waals surface area (Å²) in [7, 11) is 5.70. The number of nitrogens with zero attached hydrogens (tertiary/aromatic N) is 3. The average molecular weight is 317 g/mol. The maximum absolute atomic E-state index is 12.9. The molecule has 0 unspecified atom stereocenters. The number of rotatable bonds is 2. The Labute approximate surface area is 136 Å². The first kappa shape index (κ1) is 15.8. The summed E-state index contributed by atoms with van der Waals surface area (Å²) in [6.07, 6.45) is 0. The molecule has 6 nitrogen and oxygen atoms in total. The van der Waals surface area contributed by atoms with Gasteiger partial charge in [0.2, 0.25) is 5.91 Å². The number of likely N-dealkylation sites (N-methyl/N-ethyl adjacent to an activating group) is 1. The van der Waals surface area contributed by atoms with E-state index in [-0.39, 0.29) is 23.8 Å². The first-order valence-electron chi connectivity index (χ1n) is 7.88. The van der Waals surface area contributed by atoms with Gasteiger partial charge in [0.1, 0.15) is 0 Å². The molecule has 2 saturated heterocycles. The number of benzene rings is 1. The second-order valence-electron chi connectivity index (χ2n) is 6.49. The fraction of sp³-hybridized carbons (Fsp3) is 0.529. The number of carbonyl (C=O) groups excluding carboxylic acids is 2. The molecule has 1 aromatic rings. The number of amides is 2. The number of fused-ring (bicyclic) bond motifs is 3. The Morgan fingerprint density at radius 1 is 1.26 bits per heavy atom. The van der Waals surface area contributed by atoms with Crippen molar-refractivity contribution in [1.29, 1.82) is 0 Å². The lowest BCUT2D eigenvalue weighted by atomic mass is 10.1. The highest BCUT2D eigenvalue weighted by molar-refractivity contribution is 5.96. The molecule has 23 heavy (non-hydrogen) atoms. The lowest BCUT2D eigenvalue weighted by molar-refractivity contribution is -0.133. The lowest BCUT2D eigenvalue weighted by Crippen LogP contribution is -2.45. The average Bonchev–Trinajstić information content (AvgIpc) is 2.72. The molecular weight excluding hydrogens is 294 g/mol. The Balaban J connectivity index is 1.85. The summed E-state index contributed by atoms with van der Waals surface area (Å²) in [6.45, 7) is 1.82. The zero-order valence-corrected chi connectivity index (χ0v) is 13.9. The van der Waals surface area contributed by atoms with Gasteiger partial charge in [0.05, 0.1) is 25.2 Å². The summed E-state index contributed by atoms with van der Waals surface area (Å²) in [4.78, 5) is 30.8. The predicted octanol–water partition coefficient (Wildman–Crippen LogP) is 0.682. The number of anilines is 1. The van der Waals surface area contributed by atoms with Crippen LogP contribution >= 0.6 is 0 Å². The molecule has 2 aliphatic heterocycles. The highest BCUT2D eigenvalue weighted by atomic mass is 16.5. The summed E-state index contributed by atoms with van der Waals surface area (Å²) in [5.74, 6) is -0.216. The summed E-state index contributed by atoms with van der Waals surface area (Å²) >= 11 is 0. The zero-order valence-electron chi connectivity index (χ0n) is 13.9. The predicted molar refractivity (Wildman–Crippen MR) is 87.5 cm³/mol. The number of hydrogen-bond donors (Lipinski definition) is 0. The van der Waals surface area contributed by atoms with Gasteiger partial charge < -0.3 is 19.4 Å². The van der Waals surface area contributed by atoms with Crippen LogP contribution in [0.25, 0.3) is 0 Å². The smallest absolute Gasteiger partial charge is 0.254 e. The normalized spacial score (nSPS) is 24.4. The van der Waals surface area contributed by atoms with Crippen LogP contribution in [0.3, 0.4) is 0 Å². The molecule has 0 aliphatic carbocycles. The Morgan fingerprint density at radius 3 is 2.78 bits per heavy atom. The third-order valence-corrected chi connectivity index (χ3v) is 4.64. The molecule has 2 bridgehead atoms. The van der Waals surface area contributed by atoms with Crippen LogP contribution in [-0.4, -0.2) is 75.1 Å². The van der Waals surface area contributed by atoms with E-state index in [1.165, 1.54) is 0 Å². The summed E-state index contributed by atoms with van der Waals surface area (Å²) in [5, 5.41) is 0. The third-order valence-electron chi connectivity index (χ3n) is 4.64. The van der Waals surface area contributed by atoms with E-state index in [4.69, 9.17) is 4.74 Å². The quantitative estimate of drug-likeness (QED) is 0.805. The molecule has 0 radical (unpaired) electrons. The van der Waals surface area contributed by atoms with Gasteiger partial charge in [-0.1, -0.05) is 6.07 Å². The van der Waals surface area contributed by atoms with Crippen molar-refractivity contribution in [3.63, 3.8) is 0 Å². The highest BCUT2D eigenvalue weighted by Crippen LogP contribution is 2.22. The van der Waals surface area contributed by atoms with E-state index < -0.39 is 0 Å². The summed E-state index contributed by atoms with van der Waals surface area (Å²) in [5.41, 5.74) is 1.65. The SMILES string of the molecule is CN(C)c1cccc(C(=O)N2C[C@@H]3COC[C@H](C2)N(C)C3=O)c1. The van der Waals surface area contributed by atoms with Crippen LogP contribution in [0.1, 0.15) is 10.4 Å². The molecule has 2 aliphatic rings. The summed E-state index contributed by atoms with van der Waals surface area (Å²) in [6, 6.07) is 7.51. The lowest BCUT2D eigenvalue weighted by Gasteiger charge is -2.29. The second kappa shape index (κ2) is 6.20. The third kappa shape index (κ3) is 3.03. The van der Waals surface area contributed by atoms with Crippen molar-refractivity contribution in [2.45, 2.75) is 6.04 Å². The minimum absolute atomic E-state index is 0.0197. The molecule has 2 atom stereocenters.